The summed E-state index contributed by atoms with van der Waals surface area (Å²) in [5.41, 5.74) is 6.33. The third kappa shape index (κ3) is 13.3. The summed E-state index contributed by atoms with van der Waals surface area (Å²) in [6.45, 7) is 2.89. The van der Waals surface area contributed by atoms with Crippen LogP contribution in [-0.4, -0.2) is 86.6 Å². The third-order valence-electron chi connectivity index (χ3n) is 12.7. The van der Waals surface area contributed by atoms with E-state index < -0.39 is 61.0 Å². The Labute approximate surface area is 400 Å². The highest BCUT2D eigenvalue weighted by molar-refractivity contribution is 5.59. The molecule has 0 aromatic heterocycles. The van der Waals surface area contributed by atoms with Crippen molar-refractivity contribution in [2.24, 2.45) is 9.98 Å². The first-order valence-electron chi connectivity index (χ1n) is 23.9. The molecule has 9 rings (SSSR count). The average molecular weight is 915 g/mol. The Morgan fingerprint density at radius 3 is 0.765 bits per heavy atom. The fraction of sp³-hybridized carbons (Fsp3) is 0.345. The molecule has 6 aromatic carbocycles. The van der Waals surface area contributed by atoms with E-state index >= 15 is 0 Å². The summed E-state index contributed by atoms with van der Waals surface area (Å²) in [7, 11) is 0. The van der Waals surface area contributed by atoms with E-state index in [9.17, 15) is 0 Å². The van der Waals surface area contributed by atoms with E-state index in [0.717, 1.165) is 33.4 Å². The molecule has 0 aliphatic carbocycles. The third-order valence-corrected chi connectivity index (χ3v) is 12.7. The van der Waals surface area contributed by atoms with E-state index in [-0.39, 0.29) is 0 Å². The van der Waals surface area contributed by atoms with Gasteiger partial charge in [0.25, 0.3) is 0 Å². The smallest absolute Gasteiger partial charge is 0.115 e. The van der Waals surface area contributed by atoms with Crippen molar-refractivity contribution in [3.8, 4) is 0 Å². The Morgan fingerprint density at radius 1 is 0.294 bits per heavy atom. The topological polar surface area (TPSA) is 98.6 Å². The highest BCUT2D eigenvalue weighted by Gasteiger charge is 2.50. The second-order valence-corrected chi connectivity index (χ2v) is 17.6. The normalized spacial score (nSPS) is 26.2. The van der Waals surface area contributed by atoms with Gasteiger partial charge in [0.15, 0.2) is 0 Å². The molecular formula is C58H62N2O8. The largest absolute Gasteiger partial charge is 0.368 e. The lowest BCUT2D eigenvalue weighted by atomic mass is 9.91. The summed E-state index contributed by atoms with van der Waals surface area (Å²) < 4.78 is 55.7. The number of hydrogen-bond acceptors (Lipinski definition) is 10. The Bertz CT molecular complexity index is 2100. The van der Waals surface area contributed by atoms with Crippen LogP contribution >= 0.6 is 0 Å². The number of nitrogens with zero attached hydrogens (tertiary/aromatic N) is 2. The zero-order chi connectivity index (χ0) is 46.0. The van der Waals surface area contributed by atoms with Crippen molar-refractivity contribution in [1.29, 1.82) is 0 Å². The van der Waals surface area contributed by atoms with Gasteiger partial charge in [-0.15, -0.1) is 0 Å². The highest BCUT2D eigenvalue weighted by atomic mass is 16.6. The molecule has 352 valence electrons. The summed E-state index contributed by atoms with van der Waals surface area (Å²) in [5.74, 6) is 0. The zero-order valence-electron chi connectivity index (χ0n) is 38.5. The zero-order valence-corrected chi connectivity index (χ0v) is 38.5. The predicted molar refractivity (Wildman–Crippen MR) is 263 cm³/mol. The Balaban J connectivity index is 1.04. The summed E-state index contributed by atoms with van der Waals surface area (Å²) in [4.78, 5) is 10.2. The van der Waals surface area contributed by atoms with Gasteiger partial charge in [-0.3, -0.25) is 9.98 Å². The summed E-state index contributed by atoms with van der Waals surface area (Å²) in [5, 5.41) is 0. The molecule has 68 heavy (non-hydrogen) atoms. The molecule has 3 heterocycles. The second-order valence-electron chi connectivity index (χ2n) is 17.6. The molecule has 10 atom stereocenters. The lowest BCUT2D eigenvalue weighted by Gasteiger charge is -2.46. The van der Waals surface area contributed by atoms with Crippen LogP contribution in [0.5, 0.6) is 0 Å². The molecule has 10 nitrogen and oxygen atoms in total. The maximum atomic E-state index is 7.08. The van der Waals surface area contributed by atoms with Crippen LogP contribution < -0.4 is 0 Å². The van der Waals surface area contributed by atoms with Crippen molar-refractivity contribution < 1.29 is 37.9 Å². The van der Waals surface area contributed by atoms with Gasteiger partial charge in [-0.05, 0) is 33.4 Å². The molecule has 0 amide bonds. The first-order valence-corrected chi connectivity index (χ1v) is 23.9. The maximum Gasteiger partial charge on any atom is 0.115 e. The number of rotatable bonds is 18. The number of fused-ring (bicyclic) bond motifs is 4. The van der Waals surface area contributed by atoms with Crippen LogP contribution in [-0.2, 0) is 77.5 Å². The standard InChI is InChI=1S/C58H62N2O8/c1-7-19-43(20-8-1)37-61-53-49-31-33-59-36-52-56(64-40-46-25-13-4-14-26-46)58(66-42-48-29-17-6-18-30-48)54(62-38-44-21-9-2-10-22-44)50(68-52)32-34-60-35-51(67-49)55(63-39-45-23-11-3-12-24-45)57(53)65-41-47-27-15-5-16-28-47/h1-30,33-34,49-58H,31-32,35-42H2/t49-,50-,51-,52-,53+,54+,55-,56-,57-,58-/m1/s1. The van der Waals surface area contributed by atoms with Gasteiger partial charge >= 0.3 is 0 Å². The molecular weight excluding hydrogens is 853 g/mol. The van der Waals surface area contributed by atoms with E-state index in [1.807, 2.05) is 122 Å². The van der Waals surface area contributed by atoms with Crippen molar-refractivity contribution in [1.82, 2.24) is 0 Å². The van der Waals surface area contributed by atoms with Crippen LogP contribution in [0, 0.1) is 0 Å². The van der Waals surface area contributed by atoms with Crippen LogP contribution in [0.4, 0.5) is 0 Å². The van der Waals surface area contributed by atoms with E-state index in [4.69, 9.17) is 47.9 Å². The molecule has 0 N–H and O–H groups in total. The minimum Gasteiger partial charge on any atom is -0.368 e. The molecule has 0 radical (unpaired) electrons. The number of aliphatic imine (C=N–C) groups is 2. The van der Waals surface area contributed by atoms with Gasteiger partial charge in [-0.25, -0.2) is 0 Å². The highest BCUT2D eigenvalue weighted by Crippen LogP contribution is 2.34. The minimum absolute atomic E-state index is 0.326. The first-order chi connectivity index (χ1) is 33.7. The number of ether oxygens (including phenoxy) is 8. The predicted octanol–water partition coefficient (Wildman–Crippen LogP) is 9.97. The van der Waals surface area contributed by atoms with Gasteiger partial charge in [0.05, 0.1) is 64.9 Å². The Hall–Kier alpha value is -5.66. The van der Waals surface area contributed by atoms with Gasteiger partial charge in [-0.1, -0.05) is 182 Å². The summed E-state index contributed by atoms with van der Waals surface area (Å²) in [6, 6.07) is 61.2. The summed E-state index contributed by atoms with van der Waals surface area (Å²) >= 11 is 0. The lowest BCUT2D eigenvalue weighted by Crippen LogP contribution is -2.61. The first kappa shape index (κ1) is 47.4. The van der Waals surface area contributed by atoms with Crippen LogP contribution in [0.15, 0.2) is 192 Å². The second kappa shape index (κ2) is 25.1. The molecule has 4 bridgehead atoms. The molecule has 2 saturated heterocycles. The van der Waals surface area contributed by atoms with Crippen molar-refractivity contribution in [2.45, 2.75) is 114 Å². The molecule has 0 spiro atoms. The van der Waals surface area contributed by atoms with E-state index in [0.29, 0.717) is 65.6 Å². The maximum absolute atomic E-state index is 7.08. The van der Waals surface area contributed by atoms with E-state index in [2.05, 4.69) is 72.8 Å². The monoisotopic (exact) mass is 914 g/mol. The van der Waals surface area contributed by atoms with Gasteiger partial charge < -0.3 is 37.9 Å². The fourth-order valence-corrected chi connectivity index (χ4v) is 9.15. The quantitative estimate of drug-likeness (QED) is 0.0841. The Kier molecular flexibility index (Phi) is 17.5. The molecule has 0 unspecified atom stereocenters. The van der Waals surface area contributed by atoms with E-state index in [1.54, 1.807) is 0 Å². The molecule has 0 saturated carbocycles. The van der Waals surface area contributed by atoms with E-state index in [1.165, 1.54) is 0 Å². The van der Waals surface area contributed by atoms with Crippen LogP contribution in [0.25, 0.3) is 0 Å². The van der Waals surface area contributed by atoms with Gasteiger partial charge in [0.2, 0.25) is 0 Å². The Morgan fingerprint density at radius 2 is 0.515 bits per heavy atom. The van der Waals surface area contributed by atoms with Crippen molar-refractivity contribution in [3.63, 3.8) is 0 Å². The van der Waals surface area contributed by atoms with Gasteiger partial charge in [0.1, 0.15) is 48.8 Å². The summed E-state index contributed by atoms with van der Waals surface area (Å²) in [6.07, 6.45) is -0.0215. The SMILES string of the molecule is C1=NC[C@H]2O[C@H](CC=NC[C@H]3O[C@H](C1)[C@H](OCc1ccccc1)[C@@H](OCc1ccccc1)[C@@H]3OCc1ccccc1)[C@H](OCc1ccccc1)[C@@H](OCc1ccccc1)[C@@H]2OCc1ccccc1. The molecule has 2 fully saturated rings. The molecule has 3 aliphatic rings. The molecule has 3 aliphatic heterocycles. The van der Waals surface area contributed by atoms with Gasteiger partial charge in [-0.2, -0.15) is 0 Å². The molecule has 10 heteroatoms. The minimum atomic E-state index is -0.520. The van der Waals surface area contributed by atoms with Crippen LogP contribution in [0.2, 0.25) is 0 Å². The molecule has 6 aromatic rings. The van der Waals surface area contributed by atoms with Crippen LogP contribution in [0.1, 0.15) is 46.2 Å². The number of benzene rings is 6. The van der Waals surface area contributed by atoms with Crippen molar-refractivity contribution in [2.75, 3.05) is 13.1 Å². The average Bonchev–Trinajstić information content (AvgIpc) is 3.39. The fourth-order valence-electron chi connectivity index (χ4n) is 9.15. The lowest BCUT2D eigenvalue weighted by molar-refractivity contribution is -0.262. The van der Waals surface area contributed by atoms with Crippen LogP contribution in [0.3, 0.4) is 0 Å². The van der Waals surface area contributed by atoms with Crippen molar-refractivity contribution >= 4 is 12.4 Å². The number of hydrogen-bond donors (Lipinski definition) is 0. The van der Waals surface area contributed by atoms with Crippen molar-refractivity contribution in [3.05, 3.63) is 215 Å². The van der Waals surface area contributed by atoms with Gasteiger partial charge in [0, 0.05) is 25.3 Å².